The Kier molecular flexibility index (Phi) is 5.11. The highest BCUT2D eigenvalue weighted by Crippen LogP contribution is 2.32. The summed E-state index contributed by atoms with van der Waals surface area (Å²) >= 11 is 1.52. The van der Waals surface area contributed by atoms with Gasteiger partial charge in [-0.05, 0) is 18.2 Å². The zero-order chi connectivity index (χ0) is 18.6. The summed E-state index contributed by atoms with van der Waals surface area (Å²) in [6.45, 7) is 2.35. The van der Waals surface area contributed by atoms with E-state index in [2.05, 4.69) is 15.5 Å². The van der Waals surface area contributed by atoms with Crippen LogP contribution in [0.4, 0.5) is 0 Å². The van der Waals surface area contributed by atoms with Crippen molar-refractivity contribution in [2.45, 2.75) is 30.0 Å². The number of hydrogen-bond donors (Lipinski definition) is 1. The minimum atomic E-state index is -0.0934. The van der Waals surface area contributed by atoms with E-state index in [1.807, 2.05) is 48.5 Å². The first-order valence-electron chi connectivity index (χ1n) is 8.74. The summed E-state index contributed by atoms with van der Waals surface area (Å²) in [5.74, 6) is 2.44. The Morgan fingerprint density at radius 1 is 1.22 bits per heavy atom. The maximum Gasteiger partial charge on any atom is 0.252 e. The number of aromatic nitrogens is 2. The standard InChI is InChI=1S/C20H19N3O3S/c1-13-21-19(23-26-13)12-27-18-9-5-3-7-15(18)20(24)22-16-10-11-25-17-8-4-2-6-14(16)17/h2-9,16H,10-12H2,1H3,(H,22,24)/t16-/m0/s1. The summed E-state index contributed by atoms with van der Waals surface area (Å²) < 4.78 is 10.7. The maximum absolute atomic E-state index is 12.9. The van der Waals surface area contributed by atoms with Crippen LogP contribution >= 0.6 is 11.8 Å². The summed E-state index contributed by atoms with van der Waals surface area (Å²) in [7, 11) is 0. The van der Waals surface area contributed by atoms with Crippen LogP contribution in [0.15, 0.2) is 57.9 Å². The second-order valence-electron chi connectivity index (χ2n) is 6.22. The quantitative estimate of drug-likeness (QED) is 0.675. The molecule has 1 aliphatic rings. The average Bonchev–Trinajstić information content (AvgIpc) is 3.12. The molecule has 0 spiro atoms. The van der Waals surface area contributed by atoms with Crippen LogP contribution in [0, 0.1) is 6.92 Å². The predicted molar refractivity (Wildman–Crippen MR) is 102 cm³/mol. The van der Waals surface area contributed by atoms with Crippen molar-refractivity contribution in [3.05, 3.63) is 71.4 Å². The first kappa shape index (κ1) is 17.6. The highest BCUT2D eigenvalue weighted by Gasteiger charge is 2.24. The molecule has 0 saturated heterocycles. The normalized spacial score (nSPS) is 15.7. The van der Waals surface area contributed by atoms with Gasteiger partial charge in [0.2, 0.25) is 5.89 Å². The topological polar surface area (TPSA) is 77.2 Å². The van der Waals surface area contributed by atoms with Gasteiger partial charge in [-0.15, -0.1) is 11.8 Å². The van der Waals surface area contributed by atoms with E-state index in [-0.39, 0.29) is 11.9 Å². The Hall–Kier alpha value is -2.80. The maximum atomic E-state index is 12.9. The van der Waals surface area contributed by atoms with Gasteiger partial charge in [-0.3, -0.25) is 4.79 Å². The van der Waals surface area contributed by atoms with Crippen molar-refractivity contribution in [1.82, 2.24) is 15.5 Å². The number of rotatable bonds is 5. The first-order chi connectivity index (χ1) is 13.2. The molecular weight excluding hydrogens is 362 g/mol. The number of hydrogen-bond acceptors (Lipinski definition) is 6. The molecule has 1 amide bonds. The zero-order valence-electron chi connectivity index (χ0n) is 14.8. The van der Waals surface area contributed by atoms with Gasteiger partial charge in [0.15, 0.2) is 5.82 Å². The molecule has 2 aromatic carbocycles. The Morgan fingerprint density at radius 3 is 2.89 bits per heavy atom. The number of para-hydroxylation sites is 1. The molecule has 27 heavy (non-hydrogen) atoms. The fourth-order valence-corrected chi connectivity index (χ4v) is 3.94. The van der Waals surface area contributed by atoms with E-state index in [0.717, 1.165) is 22.6 Å². The number of amides is 1. The monoisotopic (exact) mass is 381 g/mol. The number of fused-ring (bicyclic) bond motifs is 1. The molecule has 7 heteroatoms. The van der Waals surface area contributed by atoms with Gasteiger partial charge in [-0.1, -0.05) is 35.5 Å². The Bertz CT molecular complexity index is 957. The molecule has 0 fully saturated rings. The largest absolute Gasteiger partial charge is 0.493 e. The van der Waals surface area contributed by atoms with Crippen molar-refractivity contribution >= 4 is 17.7 Å². The van der Waals surface area contributed by atoms with Gasteiger partial charge in [0, 0.05) is 23.8 Å². The van der Waals surface area contributed by atoms with E-state index in [0.29, 0.717) is 29.6 Å². The number of carbonyl (C=O) groups is 1. The van der Waals surface area contributed by atoms with Gasteiger partial charge < -0.3 is 14.6 Å². The molecule has 1 atom stereocenters. The molecule has 1 aromatic heterocycles. The van der Waals surface area contributed by atoms with Crippen LogP contribution in [0.2, 0.25) is 0 Å². The number of carbonyl (C=O) groups excluding carboxylic acids is 1. The highest BCUT2D eigenvalue weighted by atomic mass is 32.2. The van der Waals surface area contributed by atoms with E-state index < -0.39 is 0 Å². The van der Waals surface area contributed by atoms with Crippen LogP contribution < -0.4 is 10.1 Å². The fraction of sp³-hybridized carbons (Fsp3) is 0.250. The van der Waals surface area contributed by atoms with Gasteiger partial charge in [0.25, 0.3) is 5.91 Å². The van der Waals surface area contributed by atoms with Crippen molar-refractivity contribution in [3.63, 3.8) is 0 Å². The Labute approximate surface area is 161 Å². The molecular formula is C20H19N3O3S. The third kappa shape index (κ3) is 3.98. The second-order valence-corrected chi connectivity index (χ2v) is 7.23. The average molecular weight is 381 g/mol. The minimum absolute atomic E-state index is 0.0552. The number of ether oxygens (including phenoxy) is 1. The Balaban J connectivity index is 1.49. The molecule has 0 bridgehead atoms. The van der Waals surface area contributed by atoms with Crippen LogP contribution in [0.5, 0.6) is 5.75 Å². The fourth-order valence-electron chi connectivity index (χ4n) is 3.05. The van der Waals surface area contributed by atoms with E-state index in [1.165, 1.54) is 11.8 Å². The summed E-state index contributed by atoms with van der Waals surface area (Å²) in [4.78, 5) is 18.0. The lowest BCUT2D eigenvalue weighted by molar-refractivity contribution is 0.0922. The smallest absolute Gasteiger partial charge is 0.252 e. The van der Waals surface area contributed by atoms with Crippen molar-refractivity contribution < 1.29 is 14.1 Å². The second kappa shape index (κ2) is 7.84. The number of thioether (sulfide) groups is 1. The molecule has 0 unspecified atom stereocenters. The van der Waals surface area contributed by atoms with Crippen LogP contribution in [0.1, 0.15) is 40.1 Å². The first-order valence-corrected chi connectivity index (χ1v) is 9.73. The lowest BCUT2D eigenvalue weighted by atomic mass is 10.00. The molecule has 0 aliphatic carbocycles. The number of nitrogens with one attached hydrogen (secondary N) is 1. The van der Waals surface area contributed by atoms with E-state index in [9.17, 15) is 4.79 Å². The number of aryl methyl sites for hydroxylation is 1. The molecule has 3 aromatic rings. The summed E-state index contributed by atoms with van der Waals surface area (Å²) in [6.07, 6.45) is 0.750. The molecule has 6 nitrogen and oxygen atoms in total. The van der Waals surface area contributed by atoms with Gasteiger partial charge in [0.1, 0.15) is 5.75 Å². The van der Waals surface area contributed by atoms with Crippen molar-refractivity contribution in [2.75, 3.05) is 6.61 Å². The third-order valence-electron chi connectivity index (χ3n) is 4.32. The van der Waals surface area contributed by atoms with Crippen molar-refractivity contribution in [1.29, 1.82) is 0 Å². The highest BCUT2D eigenvalue weighted by molar-refractivity contribution is 7.98. The van der Waals surface area contributed by atoms with E-state index in [4.69, 9.17) is 9.26 Å². The van der Waals surface area contributed by atoms with Gasteiger partial charge in [-0.25, -0.2) is 0 Å². The van der Waals surface area contributed by atoms with Gasteiger partial charge >= 0.3 is 0 Å². The van der Waals surface area contributed by atoms with Crippen LogP contribution in [0.25, 0.3) is 0 Å². The van der Waals surface area contributed by atoms with E-state index in [1.54, 1.807) is 6.92 Å². The van der Waals surface area contributed by atoms with Crippen molar-refractivity contribution in [2.24, 2.45) is 0 Å². The third-order valence-corrected chi connectivity index (χ3v) is 5.39. The zero-order valence-corrected chi connectivity index (χ0v) is 15.7. The lowest BCUT2D eigenvalue weighted by Crippen LogP contribution is -2.32. The van der Waals surface area contributed by atoms with Gasteiger partial charge in [0.05, 0.1) is 24.0 Å². The minimum Gasteiger partial charge on any atom is -0.493 e. The van der Waals surface area contributed by atoms with E-state index >= 15 is 0 Å². The molecule has 1 N–H and O–H groups in total. The van der Waals surface area contributed by atoms with Crippen molar-refractivity contribution in [3.8, 4) is 5.75 Å². The number of benzene rings is 2. The van der Waals surface area contributed by atoms with Crippen LogP contribution in [0.3, 0.4) is 0 Å². The SMILES string of the molecule is Cc1nc(CSc2ccccc2C(=O)N[C@H]2CCOc3ccccc32)no1. The predicted octanol–water partition coefficient (Wildman–Crippen LogP) is 3.92. The molecule has 0 saturated carbocycles. The molecule has 0 radical (unpaired) electrons. The number of nitrogens with zero attached hydrogens (tertiary/aromatic N) is 2. The van der Waals surface area contributed by atoms with Gasteiger partial charge in [-0.2, -0.15) is 4.98 Å². The molecule has 138 valence electrons. The van der Waals surface area contributed by atoms with Crippen LogP contribution in [-0.2, 0) is 5.75 Å². The summed E-state index contributed by atoms with van der Waals surface area (Å²) in [5, 5.41) is 7.05. The molecule has 4 rings (SSSR count). The Morgan fingerprint density at radius 2 is 2.04 bits per heavy atom. The molecule has 2 heterocycles. The summed E-state index contributed by atoms with van der Waals surface area (Å²) in [6, 6.07) is 15.3. The van der Waals surface area contributed by atoms with Crippen LogP contribution in [-0.4, -0.2) is 22.7 Å². The molecule has 1 aliphatic heterocycles. The summed E-state index contributed by atoms with van der Waals surface area (Å²) in [5.41, 5.74) is 1.66. The lowest BCUT2D eigenvalue weighted by Gasteiger charge is -2.26.